The maximum absolute atomic E-state index is 3.69. The van der Waals surface area contributed by atoms with E-state index in [4.69, 9.17) is 0 Å². The average Bonchev–Trinajstić information content (AvgIpc) is 2.55. The molecule has 1 heteroatoms. The molecule has 0 spiro atoms. The van der Waals surface area contributed by atoms with Crippen LogP contribution in [0.25, 0.3) is 24.3 Å². The largest absolute Gasteiger partial charge is 0.412 e. The zero-order valence-electron chi connectivity index (χ0n) is 12.3. The van der Waals surface area contributed by atoms with Crippen molar-refractivity contribution in [1.82, 2.24) is 0 Å². The number of hydrogen-bond donors (Lipinski definition) is 0. The Morgan fingerprint density at radius 1 is 0.476 bits per heavy atom. The molecule has 0 heterocycles. The van der Waals surface area contributed by atoms with Crippen LogP contribution in [0.2, 0.25) is 0 Å². The minimum absolute atomic E-state index is 0. The van der Waals surface area contributed by atoms with Crippen LogP contribution >= 0.6 is 0 Å². The minimum atomic E-state index is 0. The molecule has 2 aromatic rings. The van der Waals surface area contributed by atoms with Gasteiger partial charge in [0.2, 0.25) is 0 Å². The van der Waals surface area contributed by atoms with E-state index in [1.165, 1.54) is 0 Å². The first-order valence-corrected chi connectivity index (χ1v) is 6.44. The fraction of sp³-hybridized carbons (Fsp3) is 0. The number of benzene rings is 2. The summed E-state index contributed by atoms with van der Waals surface area (Å²) in [5.41, 5.74) is 4.55. The first-order valence-electron chi connectivity index (χ1n) is 6.44. The molecule has 0 fully saturated rings. The van der Waals surface area contributed by atoms with E-state index in [1.54, 1.807) is 0 Å². The Kier molecular flexibility index (Phi) is 8.90. The lowest BCUT2D eigenvalue weighted by atomic mass is 10.1. The van der Waals surface area contributed by atoms with E-state index < -0.39 is 0 Å². The first-order chi connectivity index (χ1) is 9.76. The van der Waals surface area contributed by atoms with Gasteiger partial charge in [0.15, 0.2) is 0 Å². The summed E-state index contributed by atoms with van der Waals surface area (Å²) in [4.78, 5) is 0. The van der Waals surface area contributed by atoms with Gasteiger partial charge in [-0.2, -0.15) is 0 Å². The van der Waals surface area contributed by atoms with Gasteiger partial charge in [-0.3, -0.25) is 0 Å². The zero-order chi connectivity index (χ0) is 14.8. The second kappa shape index (κ2) is 10.2. The third kappa shape index (κ3) is 5.47. The second-order valence-electron chi connectivity index (χ2n) is 4.07. The molecule has 2 rings (SSSR count). The molecule has 0 amide bonds. The average molecular weight is 278 g/mol. The molecule has 2 N–H and O–H groups in total. The maximum atomic E-state index is 3.69. The fourth-order valence-corrected chi connectivity index (χ4v) is 1.77. The van der Waals surface area contributed by atoms with Crippen LogP contribution in [0.1, 0.15) is 22.3 Å². The predicted octanol–water partition coefficient (Wildman–Crippen LogP) is 5.12. The van der Waals surface area contributed by atoms with E-state index in [9.17, 15) is 0 Å². The molecule has 0 aliphatic rings. The lowest BCUT2D eigenvalue weighted by Crippen LogP contribution is -1.76. The Labute approximate surface area is 127 Å². The van der Waals surface area contributed by atoms with Gasteiger partial charge < -0.3 is 5.48 Å². The van der Waals surface area contributed by atoms with Gasteiger partial charge in [0, 0.05) is 0 Å². The molecule has 0 radical (unpaired) electrons. The van der Waals surface area contributed by atoms with Crippen molar-refractivity contribution in [3.05, 3.63) is 97.1 Å². The van der Waals surface area contributed by atoms with Crippen molar-refractivity contribution in [3.8, 4) is 0 Å². The standard InChI is InChI=1S/2C10H10.H2O/c2*1-3-9-7-5-6-8-10(9)4-2;/h2*3-8H,1-2H2;1H2. The molecule has 0 aromatic heterocycles. The molecule has 0 bridgehead atoms. The first kappa shape index (κ1) is 18.4. The Hall–Kier alpha value is -2.64. The Morgan fingerprint density at radius 3 is 0.810 bits per heavy atom. The highest BCUT2D eigenvalue weighted by Crippen LogP contribution is 2.10. The molecule has 0 aliphatic heterocycles. The third-order valence-electron chi connectivity index (χ3n) is 2.87. The summed E-state index contributed by atoms with van der Waals surface area (Å²) >= 11 is 0. The molecule has 0 unspecified atom stereocenters. The van der Waals surface area contributed by atoms with Crippen LogP contribution < -0.4 is 0 Å². The Morgan fingerprint density at radius 2 is 0.667 bits per heavy atom. The lowest BCUT2D eigenvalue weighted by Gasteiger charge is -1.96. The zero-order valence-corrected chi connectivity index (χ0v) is 12.3. The van der Waals surface area contributed by atoms with Gasteiger partial charge in [0.1, 0.15) is 0 Å². The summed E-state index contributed by atoms with van der Waals surface area (Å²) in [5, 5.41) is 0. The van der Waals surface area contributed by atoms with Crippen LogP contribution in [-0.2, 0) is 0 Å². The molecule has 108 valence electrons. The summed E-state index contributed by atoms with van der Waals surface area (Å²) in [6, 6.07) is 16.0. The quantitative estimate of drug-likeness (QED) is 0.743. The van der Waals surface area contributed by atoms with Crippen molar-refractivity contribution < 1.29 is 5.48 Å². The van der Waals surface area contributed by atoms with Crippen molar-refractivity contribution in [2.75, 3.05) is 0 Å². The van der Waals surface area contributed by atoms with Gasteiger partial charge in [-0.25, -0.2) is 0 Å². The topological polar surface area (TPSA) is 31.5 Å². The highest BCUT2D eigenvalue weighted by atomic mass is 16.0. The van der Waals surface area contributed by atoms with E-state index in [2.05, 4.69) is 26.3 Å². The smallest absolute Gasteiger partial charge is 0.0190 e. The van der Waals surface area contributed by atoms with E-state index in [1.807, 2.05) is 72.8 Å². The summed E-state index contributed by atoms with van der Waals surface area (Å²) in [5.74, 6) is 0. The maximum Gasteiger partial charge on any atom is -0.0190 e. The normalized spacial score (nSPS) is 8.38. The summed E-state index contributed by atoms with van der Waals surface area (Å²) in [6.45, 7) is 14.8. The highest BCUT2D eigenvalue weighted by molar-refractivity contribution is 5.63. The van der Waals surface area contributed by atoms with Crippen molar-refractivity contribution in [3.63, 3.8) is 0 Å². The van der Waals surface area contributed by atoms with Gasteiger partial charge in [0.25, 0.3) is 0 Å². The minimum Gasteiger partial charge on any atom is -0.412 e. The van der Waals surface area contributed by atoms with Crippen LogP contribution in [-0.4, -0.2) is 5.48 Å². The molecular formula is C20H22O. The third-order valence-corrected chi connectivity index (χ3v) is 2.87. The highest BCUT2D eigenvalue weighted by Gasteiger charge is 1.90. The summed E-state index contributed by atoms with van der Waals surface area (Å²) < 4.78 is 0. The van der Waals surface area contributed by atoms with Crippen LogP contribution in [0.5, 0.6) is 0 Å². The molecule has 0 aliphatic carbocycles. The van der Waals surface area contributed by atoms with Crippen LogP contribution in [0.15, 0.2) is 74.8 Å². The lowest BCUT2D eigenvalue weighted by molar-refractivity contribution is 0.824. The van der Waals surface area contributed by atoms with Crippen LogP contribution in [0.4, 0.5) is 0 Å². The monoisotopic (exact) mass is 278 g/mol. The molecular weight excluding hydrogens is 256 g/mol. The SMILES string of the molecule is C=Cc1ccccc1C=C.C=Cc1ccccc1C=C.O. The molecule has 0 saturated heterocycles. The van der Waals surface area contributed by atoms with Crippen molar-refractivity contribution >= 4 is 24.3 Å². The van der Waals surface area contributed by atoms with Crippen molar-refractivity contribution in [2.24, 2.45) is 0 Å². The van der Waals surface area contributed by atoms with Gasteiger partial charge in [-0.15, -0.1) is 0 Å². The van der Waals surface area contributed by atoms with Crippen molar-refractivity contribution in [1.29, 1.82) is 0 Å². The molecule has 0 saturated carbocycles. The van der Waals surface area contributed by atoms with Crippen LogP contribution in [0.3, 0.4) is 0 Å². The van der Waals surface area contributed by atoms with Gasteiger partial charge >= 0.3 is 0 Å². The molecule has 2 aromatic carbocycles. The summed E-state index contributed by atoms with van der Waals surface area (Å²) in [6.07, 6.45) is 7.32. The molecule has 1 nitrogen and oxygen atoms in total. The molecule has 0 atom stereocenters. The second-order valence-corrected chi connectivity index (χ2v) is 4.07. The Bertz CT molecular complexity index is 499. The van der Waals surface area contributed by atoms with Gasteiger partial charge in [0.05, 0.1) is 0 Å². The predicted molar refractivity (Wildman–Crippen MR) is 96.9 cm³/mol. The van der Waals surface area contributed by atoms with E-state index in [0.717, 1.165) is 22.3 Å². The van der Waals surface area contributed by atoms with Crippen molar-refractivity contribution in [2.45, 2.75) is 0 Å². The fourth-order valence-electron chi connectivity index (χ4n) is 1.77. The van der Waals surface area contributed by atoms with Gasteiger partial charge in [-0.1, -0.05) is 99.2 Å². The van der Waals surface area contributed by atoms with E-state index in [0.29, 0.717) is 0 Å². The van der Waals surface area contributed by atoms with E-state index >= 15 is 0 Å². The van der Waals surface area contributed by atoms with Crippen LogP contribution in [0, 0.1) is 0 Å². The molecule has 21 heavy (non-hydrogen) atoms. The van der Waals surface area contributed by atoms with E-state index in [-0.39, 0.29) is 5.48 Å². The number of hydrogen-bond acceptors (Lipinski definition) is 0. The summed E-state index contributed by atoms with van der Waals surface area (Å²) in [7, 11) is 0. The Balaban J connectivity index is 0.000000364. The van der Waals surface area contributed by atoms with Gasteiger partial charge in [-0.05, 0) is 22.3 Å². The number of rotatable bonds is 4.